The number of nitrogens with one attached hydrogen (secondary N) is 1. The lowest BCUT2D eigenvalue weighted by Gasteiger charge is -2.32. The average molecular weight is 395 g/mol. The van der Waals surface area contributed by atoms with Crippen molar-refractivity contribution in [3.8, 4) is 0 Å². The molecule has 1 aliphatic heterocycles. The Bertz CT molecular complexity index is 1210. The van der Waals surface area contributed by atoms with Gasteiger partial charge in [-0.1, -0.05) is 6.07 Å². The largest absolute Gasteiger partial charge is 0.435 e. The second-order valence-corrected chi connectivity index (χ2v) is 7.18. The van der Waals surface area contributed by atoms with Crippen LogP contribution in [0.15, 0.2) is 35.3 Å². The van der Waals surface area contributed by atoms with Crippen LogP contribution in [-0.4, -0.2) is 47.1 Å². The molecular formula is C19H18FN7O2. The van der Waals surface area contributed by atoms with E-state index in [2.05, 4.69) is 25.0 Å². The summed E-state index contributed by atoms with van der Waals surface area (Å²) >= 11 is 0. The molecule has 5 rings (SSSR count). The van der Waals surface area contributed by atoms with Gasteiger partial charge in [0, 0.05) is 24.7 Å². The molecule has 0 spiro atoms. The van der Waals surface area contributed by atoms with Crippen molar-refractivity contribution < 1.29 is 13.6 Å². The van der Waals surface area contributed by atoms with Gasteiger partial charge in [-0.05, 0) is 26.0 Å². The summed E-state index contributed by atoms with van der Waals surface area (Å²) in [5, 5.41) is 4.16. The van der Waals surface area contributed by atoms with E-state index < -0.39 is 11.9 Å². The topological polar surface area (TPSA) is 106 Å². The van der Waals surface area contributed by atoms with Gasteiger partial charge < -0.3 is 14.3 Å². The minimum absolute atomic E-state index is 0.0287. The molecule has 10 heteroatoms. The third kappa shape index (κ3) is 2.71. The third-order valence-electron chi connectivity index (χ3n) is 5.06. The number of fused-ring (bicyclic) bond motifs is 2. The van der Waals surface area contributed by atoms with Crippen LogP contribution in [-0.2, 0) is 6.42 Å². The van der Waals surface area contributed by atoms with Crippen molar-refractivity contribution in [3.63, 3.8) is 0 Å². The van der Waals surface area contributed by atoms with Crippen molar-refractivity contribution in [2.75, 3.05) is 6.54 Å². The van der Waals surface area contributed by atoms with Crippen LogP contribution < -0.4 is 0 Å². The van der Waals surface area contributed by atoms with E-state index in [0.29, 0.717) is 24.2 Å². The van der Waals surface area contributed by atoms with Gasteiger partial charge >= 0.3 is 0 Å². The Hall–Kier alpha value is -3.56. The third-order valence-corrected chi connectivity index (χ3v) is 5.06. The Balaban J connectivity index is 1.63. The average Bonchev–Trinajstić information content (AvgIpc) is 3.44. The van der Waals surface area contributed by atoms with Crippen LogP contribution in [0.3, 0.4) is 0 Å². The van der Waals surface area contributed by atoms with Gasteiger partial charge in [-0.25, -0.2) is 24.0 Å². The van der Waals surface area contributed by atoms with Gasteiger partial charge in [0.1, 0.15) is 11.8 Å². The molecule has 0 saturated heterocycles. The lowest BCUT2D eigenvalue weighted by atomic mass is 10.0. The Morgan fingerprint density at radius 3 is 3.00 bits per heavy atom. The number of aromatic amines is 1. The molecule has 0 saturated carbocycles. The zero-order valence-corrected chi connectivity index (χ0v) is 15.8. The van der Waals surface area contributed by atoms with Crippen LogP contribution >= 0.6 is 0 Å². The maximum Gasteiger partial charge on any atom is 0.292 e. The first kappa shape index (κ1) is 17.5. The minimum atomic E-state index is -0.693. The van der Waals surface area contributed by atoms with Crippen molar-refractivity contribution in [3.05, 3.63) is 59.8 Å². The molecule has 1 aromatic carbocycles. The molecule has 0 radical (unpaired) electrons. The zero-order valence-electron chi connectivity index (χ0n) is 15.8. The summed E-state index contributed by atoms with van der Waals surface area (Å²) in [5.41, 5.74) is 1.97. The van der Waals surface area contributed by atoms with Gasteiger partial charge in [0.05, 0.1) is 12.0 Å². The molecule has 0 fully saturated rings. The van der Waals surface area contributed by atoms with Crippen molar-refractivity contribution in [1.82, 2.24) is 34.6 Å². The van der Waals surface area contributed by atoms with Crippen LogP contribution in [0, 0.1) is 5.82 Å². The SMILES string of the molecule is CC(C)n1ncnc1C(=O)N1CCc2[nH]cnc2[C@H]1c1nc2cccc(F)c2o1. The van der Waals surface area contributed by atoms with E-state index in [9.17, 15) is 9.18 Å². The predicted molar refractivity (Wildman–Crippen MR) is 99.5 cm³/mol. The van der Waals surface area contributed by atoms with Crippen molar-refractivity contribution in [1.29, 1.82) is 0 Å². The molecule has 1 N–H and O–H groups in total. The molecule has 9 nitrogen and oxygen atoms in total. The number of para-hydroxylation sites is 1. The van der Waals surface area contributed by atoms with Gasteiger partial charge in [-0.3, -0.25) is 4.79 Å². The smallest absolute Gasteiger partial charge is 0.292 e. The monoisotopic (exact) mass is 395 g/mol. The molecule has 1 amide bonds. The van der Waals surface area contributed by atoms with Crippen LogP contribution in [0.1, 0.15) is 53.8 Å². The first-order chi connectivity index (χ1) is 14.0. The maximum atomic E-state index is 14.2. The van der Waals surface area contributed by atoms with Crippen molar-refractivity contribution in [2.45, 2.75) is 32.4 Å². The van der Waals surface area contributed by atoms with E-state index in [4.69, 9.17) is 4.42 Å². The van der Waals surface area contributed by atoms with Gasteiger partial charge in [-0.2, -0.15) is 5.10 Å². The number of benzene rings is 1. The first-order valence-electron chi connectivity index (χ1n) is 9.32. The van der Waals surface area contributed by atoms with Crippen LogP contribution in [0.2, 0.25) is 0 Å². The van der Waals surface area contributed by atoms with E-state index >= 15 is 0 Å². The Morgan fingerprint density at radius 1 is 1.34 bits per heavy atom. The van der Waals surface area contributed by atoms with Crippen molar-refractivity contribution in [2.24, 2.45) is 0 Å². The summed E-state index contributed by atoms with van der Waals surface area (Å²) < 4.78 is 21.5. The number of amides is 1. The predicted octanol–water partition coefficient (Wildman–Crippen LogP) is 2.65. The number of imidazole rings is 1. The van der Waals surface area contributed by atoms with E-state index in [1.54, 1.807) is 28.0 Å². The highest BCUT2D eigenvalue weighted by Crippen LogP contribution is 2.35. The number of rotatable bonds is 3. The molecule has 0 aliphatic carbocycles. The fourth-order valence-corrected chi connectivity index (χ4v) is 3.70. The highest BCUT2D eigenvalue weighted by Gasteiger charge is 2.39. The highest BCUT2D eigenvalue weighted by atomic mass is 19.1. The van der Waals surface area contributed by atoms with Gasteiger partial charge in [0.25, 0.3) is 5.91 Å². The second kappa shape index (κ2) is 6.50. The van der Waals surface area contributed by atoms with Crippen LogP contribution in [0.4, 0.5) is 4.39 Å². The Labute approximate surface area is 164 Å². The summed E-state index contributed by atoms with van der Waals surface area (Å²) in [6.07, 6.45) is 3.54. The fraction of sp³-hybridized carbons (Fsp3) is 0.316. The second-order valence-electron chi connectivity index (χ2n) is 7.18. The van der Waals surface area contributed by atoms with Gasteiger partial charge in [0.2, 0.25) is 11.7 Å². The quantitative estimate of drug-likeness (QED) is 0.572. The summed E-state index contributed by atoms with van der Waals surface area (Å²) in [6.45, 7) is 4.26. The van der Waals surface area contributed by atoms with Crippen LogP contribution in [0.5, 0.6) is 0 Å². The summed E-state index contributed by atoms with van der Waals surface area (Å²) in [6, 6.07) is 3.83. The highest BCUT2D eigenvalue weighted by molar-refractivity contribution is 5.91. The van der Waals surface area contributed by atoms with Crippen LogP contribution in [0.25, 0.3) is 11.1 Å². The fourth-order valence-electron chi connectivity index (χ4n) is 3.70. The van der Waals surface area contributed by atoms with E-state index in [1.165, 1.54) is 12.4 Å². The van der Waals surface area contributed by atoms with Gasteiger partial charge in [-0.15, -0.1) is 0 Å². The number of carbonyl (C=O) groups excluding carboxylic acids is 1. The maximum absolute atomic E-state index is 14.2. The number of halogens is 1. The number of aromatic nitrogens is 6. The molecule has 0 unspecified atom stereocenters. The molecule has 4 heterocycles. The van der Waals surface area contributed by atoms with E-state index in [0.717, 1.165) is 5.69 Å². The number of hydrogen-bond donors (Lipinski definition) is 1. The molecule has 4 aromatic rings. The minimum Gasteiger partial charge on any atom is -0.435 e. The lowest BCUT2D eigenvalue weighted by molar-refractivity contribution is 0.0646. The number of carbonyl (C=O) groups is 1. The standard InChI is InChI=1S/C19H18FN7O2/c1-10(2)27-17(23-9-24-27)19(28)26-7-6-12-14(22-8-21-12)15(26)18-25-13-5-3-4-11(20)16(13)29-18/h3-5,8-10,15H,6-7H2,1-2H3,(H,21,22)/t15-/m0/s1. The number of hydrogen-bond acceptors (Lipinski definition) is 6. The number of oxazole rings is 1. The Kier molecular flexibility index (Phi) is 3.93. The van der Waals surface area contributed by atoms with Gasteiger partial charge in [0.15, 0.2) is 17.4 Å². The molecule has 3 aromatic heterocycles. The lowest BCUT2D eigenvalue weighted by Crippen LogP contribution is -2.42. The number of H-pyrrole nitrogens is 1. The van der Waals surface area contributed by atoms with E-state index in [-0.39, 0.29) is 29.2 Å². The molecule has 0 bridgehead atoms. The first-order valence-corrected chi connectivity index (χ1v) is 9.32. The van der Waals surface area contributed by atoms with E-state index in [1.807, 2.05) is 13.8 Å². The molecule has 148 valence electrons. The molecule has 1 atom stereocenters. The zero-order chi connectivity index (χ0) is 20.1. The summed E-state index contributed by atoms with van der Waals surface area (Å²) in [4.78, 5) is 31.1. The summed E-state index contributed by atoms with van der Waals surface area (Å²) in [7, 11) is 0. The normalized spacial score (nSPS) is 16.6. The molecular weight excluding hydrogens is 377 g/mol. The molecule has 1 aliphatic rings. The van der Waals surface area contributed by atoms with Crippen molar-refractivity contribution >= 4 is 17.0 Å². The number of nitrogens with zero attached hydrogens (tertiary/aromatic N) is 6. The Morgan fingerprint density at radius 2 is 2.21 bits per heavy atom. The molecule has 29 heavy (non-hydrogen) atoms. The summed E-state index contributed by atoms with van der Waals surface area (Å²) in [5.74, 6) is -0.372.